The highest BCUT2D eigenvalue weighted by molar-refractivity contribution is 5.88. The van der Waals surface area contributed by atoms with E-state index >= 15 is 0 Å². The van der Waals surface area contributed by atoms with Crippen LogP contribution in [0.2, 0.25) is 0 Å². The lowest BCUT2D eigenvalue weighted by Gasteiger charge is -2.16. The minimum atomic E-state index is -0.749. The fourth-order valence-electron chi connectivity index (χ4n) is 2.14. The summed E-state index contributed by atoms with van der Waals surface area (Å²) in [6.45, 7) is 5.47. The summed E-state index contributed by atoms with van der Waals surface area (Å²) in [5.41, 5.74) is 1.13. The van der Waals surface area contributed by atoms with E-state index in [4.69, 9.17) is 13.9 Å². The highest BCUT2D eigenvalue weighted by Gasteiger charge is 2.19. The molecule has 5 heteroatoms. The maximum absolute atomic E-state index is 11.5. The third kappa shape index (κ3) is 2.92. The Labute approximate surface area is 122 Å². The summed E-state index contributed by atoms with van der Waals surface area (Å²) in [6.07, 6.45) is -0.507. The third-order valence-corrected chi connectivity index (χ3v) is 3.34. The summed E-state index contributed by atoms with van der Waals surface area (Å²) in [5.74, 6) is 1.04. The van der Waals surface area contributed by atoms with Crippen molar-refractivity contribution in [1.29, 1.82) is 0 Å². The van der Waals surface area contributed by atoms with Crippen LogP contribution in [0.1, 0.15) is 12.5 Å². The molecule has 112 valence electrons. The molecule has 21 heavy (non-hydrogen) atoms. The lowest BCUT2D eigenvalue weighted by molar-refractivity contribution is 0.210. The van der Waals surface area contributed by atoms with Crippen molar-refractivity contribution in [3.8, 4) is 11.5 Å². The van der Waals surface area contributed by atoms with Crippen LogP contribution in [-0.2, 0) is 6.42 Å². The van der Waals surface area contributed by atoms with Crippen molar-refractivity contribution in [3.63, 3.8) is 0 Å². The zero-order chi connectivity index (χ0) is 15.6. The molecule has 0 bridgehead atoms. The topological polar surface area (TPSA) is 68.9 Å². The predicted octanol–water partition coefficient (Wildman–Crippen LogP) is 2.29. The van der Waals surface area contributed by atoms with E-state index in [0.29, 0.717) is 33.6 Å². The average Bonchev–Trinajstić information content (AvgIpc) is 2.47. The van der Waals surface area contributed by atoms with Gasteiger partial charge in [0.1, 0.15) is 17.1 Å². The normalized spacial score (nSPS) is 12.2. The Morgan fingerprint density at radius 1 is 1.33 bits per heavy atom. The Balaban J connectivity index is 2.73. The predicted molar refractivity (Wildman–Crippen MR) is 80.1 cm³/mol. The second-order valence-corrected chi connectivity index (χ2v) is 4.82. The van der Waals surface area contributed by atoms with Crippen LogP contribution in [0.15, 0.2) is 39.6 Å². The number of aliphatic hydroxyl groups is 1. The van der Waals surface area contributed by atoms with Crippen molar-refractivity contribution in [1.82, 2.24) is 0 Å². The van der Waals surface area contributed by atoms with E-state index in [9.17, 15) is 9.90 Å². The van der Waals surface area contributed by atoms with E-state index in [-0.39, 0.29) is 6.42 Å². The van der Waals surface area contributed by atoms with Crippen LogP contribution >= 0.6 is 0 Å². The van der Waals surface area contributed by atoms with Gasteiger partial charge in [-0.1, -0.05) is 12.2 Å². The first kappa shape index (κ1) is 15.1. The monoisotopic (exact) mass is 290 g/mol. The highest BCUT2D eigenvalue weighted by Crippen LogP contribution is 2.36. The van der Waals surface area contributed by atoms with Crippen molar-refractivity contribution >= 4 is 11.0 Å². The summed E-state index contributed by atoms with van der Waals surface area (Å²) in [4.78, 5) is 11.5. The lowest BCUT2D eigenvalue weighted by atomic mass is 10.00. The van der Waals surface area contributed by atoms with Crippen molar-refractivity contribution in [3.05, 3.63) is 46.3 Å². The van der Waals surface area contributed by atoms with Gasteiger partial charge < -0.3 is 19.0 Å². The zero-order valence-corrected chi connectivity index (χ0v) is 12.3. The smallest absolute Gasteiger partial charge is 0.336 e. The molecule has 1 atom stereocenters. The van der Waals surface area contributed by atoms with Crippen molar-refractivity contribution in [2.24, 2.45) is 0 Å². The number of aliphatic hydroxyl groups excluding tert-OH is 1. The third-order valence-electron chi connectivity index (χ3n) is 3.34. The number of ether oxygens (including phenoxy) is 2. The number of rotatable bonds is 5. The van der Waals surface area contributed by atoms with E-state index < -0.39 is 11.7 Å². The molecule has 0 aliphatic heterocycles. The fraction of sp³-hybridized carbons (Fsp3) is 0.312. The van der Waals surface area contributed by atoms with Gasteiger partial charge in [0, 0.05) is 24.1 Å². The van der Waals surface area contributed by atoms with Gasteiger partial charge in [0.05, 0.1) is 25.7 Å². The van der Waals surface area contributed by atoms with Crippen LogP contribution in [0.4, 0.5) is 0 Å². The molecule has 2 aromatic rings. The number of hydrogen-bond acceptors (Lipinski definition) is 5. The molecule has 1 aromatic heterocycles. The van der Waals surface area contributed by atoms with E-state index in [2.05, 4.69) is 6.58 Å². The molecule has 0 radical (unpaired) electrons. The molecule has 0 amide bonds. The van der Waals surface area contributed by atoms with Crippen LogP contribution in [0.5, 0.6) is 11.5 Å². The number of methoxy groups -OCH3 is 2. The molecule has 0 aliphatic carbocycles. The first-order valence-electron chi connectivity index (χ1n) is 6.49. The van der Waals surface area contributed by atoms with E-state index in [1.165, 1.54) is 20.3 Å². The van der Waals surface area contributed by atoms with Crippen LogP contribution in [0.3, 0.4) is 0 Å². The Kier molecular flexibility index (Phi) is 4.33. The summed E-state index contributed by atoms with van der Waals surface area (Å²) < 4.78 is 15.9. The second-order valence-electron chi connectivity index (χ2n) is 4.82. The summed E-state index contributed by atoms with van der Waals surface area (Å²) in [6, 6.07) is 4.68. The minimum absolute atomic E-state index is 0.242. The van der Waals surface area contributed by atoms with Gasteiger partial charge >= 0.3 is 5.63 Å². The molecule has 2 rings (SSSR count). The molecular formula is C16H18O5. The second kappa shape index (κ2) is 6.01. The van der Waals surface area contributed by atoms with Gasteiger partial charge in [-0.15, -0.1) is 0 Å². The van der Waals surface area contributed by atoms with Gasteiger partial charge in [-0.25, -0.2) is 4.79 Å². The quantitative estimate of drug-likeness (QED) is 0.676. The van der Waals surface area contributed by atoms with Gasteiger partial charge in [0.15, 0.2) is 0 Å². The van der Waals surface area contributed by atoms with E-state index in [1.807, 2.05) is 0 Å². The van der Waals surface area contributed by atoms with Crippen LogP contribution in [0, 0.1) is 0 Å². The lowest BCUT2D eigenvalue weighted by Crippen LogP contribution is -2.13. The molecule has 0 spiro atoms. The Hall–Kier alpha value is -2.27. The molecule has 0 unspecified atom stereocenters. The Bertz CT molecular complexity index is 729. The van der Waals surface area contributed by atoms with Gasteiger partial charge in [0.2, 0.25) is 0 Å². The highest BCUT2D eigenvalue weighted by atomic mass is 16.5. The largest absolute Gasteiger partial charge is 0.496 e. The van der Waals surface area contributed by atoms with E-state index in [0.717, 1.165) is 0 Å². The molecule has 0 saturated heterocycles. The fourth-order valence-corrected chi connectivity index (χ4v) is 2.14. The number of fused-ring (bicyclic) bond motifs is 1. The van der Waals surface area contributed by atoms with Gasteiger partial charge in [0.25, 0.3) is 0 Å². The average molecular weight is 290 g/mol. The summed E-state index contributed by atoms with van der Waals surface area (Å²) in [5, 5.41) is 10.7. The van der Waals surface area contributed by atoms with Crippen LogP contribution in [0.25, 0.3) is 11.0 Å². The van der Waals surface area contributed by atoms with Crippen molar-refractivity contribution < 1.29 is 19.0 Å². The molecule has 1 N–H and O–H groups in total. The van der Waals surface area contributed by atoms with E-state index in [1.54, 1.807) is 19.1 Å². The van der Waals surface area contributed by atoms with Crippen LogP contribution in [-0.4, -0.2) is 25.4 Å². The number of hydrogen-bond donors (Lipinski definition) is 1. The van der Waals surface area contributed by atoms with Crippen molar-refractivity contribution in [2.45, 2.75) is 19.4 Å². The SMILES string of the molecule is C=C(C)[C@@H](O)Cc1c(OC)cc(OC)c2ccc(=O)oc12. The maximum Gasteiger partial charge on any atom is 0.336 e. The molecule has 0 fully saturated rings. The summed E-state index contributed by atoms with van der Waals surface area (Å²) >= 11 is 0. The van der Waals surface area contributed by atoms with Gasteiger partial charge in [-0.05, 0) is 13.0 Å². The van der Waals surface area contributed by atoms with Crippen LogP contribution < -0.4 is 15.1 Å². The molecule has 0 saturated carbocycles. The molecule has 1 heterocycles. The summed E-state index contributed by atoms with van der Waals surface area (Å²) in [7, 11) is 3.04. The first-order chi connectivity index (χ1) is 9.97. The van der Waals surface area contributed by atoms with Gasteiger partial charge in [-0.2, -0.15) is 0 Å². The van der Waals surface area contributed by atoms with Gasteiger partial charge in [-0.3, -0.25) is 0 Å². The molecule has 1 aromatic carbocycles. The Morgan fingerprint density at radius 2 is 2.00 bits per heavy atom. The molecule has 5 nitrogen and oxygen atoms in total. The Morgan fingerprint density at radius 3 is 2.57 bits per heavy atom. The zero-order valence-electron chi connectivity index (χ0n) is 12.3. The first-order valence-corrected chi connectivity index (χ1v) is 6.49. The molecule has 0 aliphatic rings. The number of benzene rings is 1. The minimum Gasteiger partial charge on any atom is -0.496 e. The standard InChI is InChI=1S/C16H18O5/c1-9(2)12(17)7-11-14(20-4)8-13(19-3)10-5-6-15(18)21-16(10)11/h5-6,8,12,17H,1,7H2,2-4H3/t12-/m0/s1. The maximum atomic E-state index is 11.5. The van der Waals surface area contributed by atoms with Crippen molar-refractivity contribution in [2.75, 3.05) is 14.2 Å². The molecular weight excluding hydrogens is 272 g/mol.